The Kier molecular flexibility index (Phi) is 7.36. The lowest BCUT2D eigenvalue weighted by atomic mass is 10.1. The summed E-state index contributed by atoms with van der Waals surface area (Å²) in [7, 11) is 0. The van der Waals surface area contributed by atoms with Crippen LogP contribution in [-0.4, -0.2) is 5.91 Å². The van der Waals surface area contributed by atoms with E-state index in [0.717, 1.165) is 6.42 Å². The fourth-order valence-electron chi connectivity index (χ4n) is 1.17. The summed E-state index contributed by atoms with van der Waals surface area (Å²) in [6.07, 6.45) is 9.25. The molecule has 0 bridgehead atoms. The van der Waals surface area contributed by atoms with Crippen LogP contribution in [0.1, 0.15) is 52.4 Å². The summed E-state index contributed by atoms with van der Waals surface area (Å²) in [5, 5.41) is 0. The highest BCUT2D eigenvalue weighted by Gasteiger charge is 1.94. The summed E-state index contributed by atoms with van der Waals surface area (Å²) in [4.78, 5) is 10.6. The number of carbonyl (C=O) groups excluding carboxylic acids is 1. The molecule has 0 aromatic carbocycles. The summed E-state index contributed by atoms with van der Waals surface area (Å²) >= 11 is 0. The van der Waals surface area contributed by atoms with Gasteiger partial charge in [0.1, 0.15) is 0 Å². The van der Waals surface area contributed by atoms with E-state index in [1.165, 1.54) is 32.1 Å². The molecular weight excluding hydrogens is 162 g/mol. The number of primary amides is 1. The minimum atomic E-state index is -0.298. The molecule has 0 heterocycles. The smallest absolute Gasteiger partial charge is 0.244 e. The van der Waals surface area contributed by atoms with Gasteiger partial charge in [-0.3, -0.25) is 4.79 Å². The van der Waals surface area contributed by atoms with E-state index in [1.54, 1.807) is 6.92 Å². The van der Waals surface area contributed by atoms with Gasteiger partial charge in [-0.05, 0) is 19.8 Å². The Morgan fingerprint density at radius 2 is 1.85 bits per heavy atom. The Balaban J connectivity index is 3.34. The topological polar surface area (TPSA) is 43.1 Å². The number of allylic oxidation sites excluding steroid dienone is 1. The average Bonchev–Trinajstić information content (AvgIpc) is 2.10. The summed E-state index contributed by atoms with van der Waals surface area (Å²) in [5.41, 5.74) is 5.78. The number of amides is 1. The van der Waals surface area contributed by atoms with Crippen LogP contribution in [-0.2, 0) is 4.79 Å². The van der Waals surface area contributed by atoms with Gasteiger partial charge in [0, 0.05) is 5.57 Å². The monoisotopic (exact) mass is 183 g/mol. The predicted octanol–water partition coefficient (Wildman–Crippen LogP) is 2.78. The molecule has 2 N–H and O–H groups in total. The molecule has 0 aromatic heterocycles. The van der Waals surface area contributed by atoms with Gasteiger partial charge in [-0.1, -0.05) is 38.7 Å². The van der Waals surface area contributed by atoms with Crippen LogP contribution in [0.2, 0.25) is 0 Å². The van der Waals surface area contributed by atoms with Crippen LogP contribution >= 0.6 is 0 Å². The molecule has 0 aliphatic carbocycles. The standard InChI is InChI=1S/C11H21NO/c1-3-4-5-6-7-8-9-10(2)11(12)13/h9H,3-8H2,1-2H3,(H2,12,13). The van der Waals surface area contributed by atoms with E-state index in [4.69, 9.17) is 5.73 Å². The van der Waals surface area contributed by atoms with Crippen molar-refractivity contribution in [2.75, 3.05) is 0 Å². The third-order valence-electron chi connectivity index (χ3n) is 2.15. The molecule has 0 aliphatic rings. The zero-order chi connectivity index (χ0) is 10.1. The minimum absolute atomic E-state index is 0.298. The van der Waals surface area contributed by atoms with Crippen LogP contribution in [0, 0.1) is 0 Å². The molecule has 0 spiro atoms. The van der Waals surface area contributed by atoms with Crippen molar-refractivity contribution in [3.63, 3.8) is 0 Å². The van der Waals surface area contributed by atoms with Crippen LogP contribution in [0.25, 0.3) is 0 Å². The van der Waals surface area contributed by atoms with Crippen molar-refractivity contribution >= 4 is 5.91 Å². The van der Waals surface area contributed by atoms with Crippen LogP contribution in [0.3, 0.4) is 0 Å². The lowest BCUT2D eigenvalue weighted by molar-refractivity contribution is -0.114. The third kappa shape index (κ3) is 7.57. The van der Waals surface area contributed by atoms with E-state index in [0.29, 0.717) is 5.57 Å². The van der Waals surface area contributed by atoms with Crippen molar-refractivity contribution in [2.45, 2.75) is 52.4 Å². The Morgan fingerprint density at radius 1 is 1.23 bits per heavy atom. The molecule has 0 fully saturated rings. The number of hydrogen-bond acceptors (Lipinski definition) is 1. The number of hydrogen-bond donors (Lipinski definition) is 1. The highest BCUT2D eigenvalue weighted by molar-refractivity contribution is 5.91. The van der Waals surface area contributed by atoms with Crippen molar-refractivity contribution in [1.82, 2.24) is 0 Å². The van der Waals surface area contributed by atoms with E-state index in [-0.39, 0.29) is 5.91 Å². The maximum atomic E-state index is 10.6. The minimum Gasteiger partial charge on any atom is -0.366 e. The molecule has 0 atom stereocenters. The summed E-state index contributed by atoms with van der Waals surface area (Å²) in [5.74, 6) is -0.298. The van der Waals surface area contributed by atoms with Crippen molar-refractivity contribution in [1.29, 1.82) is 0 Å². The first-order valence-corrected chi connectivity index (χ1v) is 5.15. The Hall–Kier alpha value is -0.790. The lowest BCUT2D eigenvalue weighted by Gasteiger charge is -1.97. The van der Waals surface area contributed by atoms with E-state index < -0.39 is 0 Å². The van der Waals surface area contributed by atoms with Gasteiger partial charge in [0.05, 0.1) is 0 Å². The van der Waals surface area contributed by atoms with Crippen LogP contribution in [0.15, 0.2) is 11.6 Å². The lowest BCUT2D eigenvalue weighted by Crippen LogP contribution is -2.11. The maximum Gasteiger partial charge on any atom is 0.244 e. The second-order valence-electron chi connectivity index (χ2n) is 3.45. The second-order valence-corrected chi connectivity index (χ2v) is 3.45. The Bertz CT molecular complexity index is 173. The largest absolute Gasteiger partial charge is 0.366 e. The van der Waals surface area contributed by atoms with Crippen molar-refractivity contribution in [3.05, 3.63) is 11.6 Å². The van der Waals surface area contributed by atoms with Gasteiger partial charge in [-0.15, -0.1) is 0 Å². The van der Waals surface area contributed by atoms with Crippen molar-refractivity contribution < 1.29 is 4.79 Å². The molecule has 0 rings (SSSR count). The second kappa shape index (κ2) is 7.84. The Morgan fingerprint density at radius 3 is 2.38 bits per heavy atom. The predicted molar refractivity (Wildman–Crippen MR) is 56.3 cm³/mol. The molecule has 0 unspecified atom stereocenters. The highest BCUT2D eigenvalue weighted by atomic mass is 16.1. The van der Waals surface area contributed by atoms with Gasteiger partial charge in [0.25, 0.3) is 0 Å². The zero-order valence-corrected chi connectivity index (χ0v) is 8.81. The summed E-state index contributed by atoms with van der Waals surface area (Å²) in [6.45, 7) is 3.98. The molecule has 1 amide bonds. The molecule has 2 heteroatoms. The molecular formula is C11H21NO. The third-order valence-corrected chi connectivity index (χ3v) is 2.15. The SMILES string of the molecule is CCCCCCCC=C(C)C(N)=O. The van der Waals surface area contributed by atoms with Crippen molar-refractivity contribution in [2.24, 2.45) is 5.73 Å². The average molecular weight is 183 g/mol. The molecule has 0 radical (unpaired) electrons. The first-order valence-electron chi connectivity index (χ1n) is 5.15. The van der Waals surface area contributed by atoms with Gasteiger partial charge in [0.2, 0.25) is 5.91 Å². The first kappa shape index (κ1) is 12.2. The zero-order valence-electron chi connectivity index (χ0n) is 8.81. The van der Waals surface area contributed by atoms with Crippen molar-refractivity contribution in [3.8, 4) is 0 Å². The van der Waals surface area contributed by atoms with E-state index >= 15 is 0 Å². The van der Waals surface area contributed by atoms with Crippen LogP contribution in [0.5, 0.6) is 0 Å². The molecule has 2 nitrogen and oxygen atoms in total. The van der Waals surface area contributed by atoms with E-state index in [2.05, 4.69) is 6.92 Å². The first-order chi connectivity index (χ1) is 6.18. The van der Waals surface area contributed by atoms with E-state index in [9.17, 15) is 4.79 Å². The normalized spacial score (nSPS) is 11.7. The molecule has 76 valence electrons. The molecule has 13 heavy (non-hydrogen) atoms. The molecule has 0 aliphatic heterocycles. The molecule has 0 aromatic rings. The van der Waals surface area contributed by atoms with Gasteiger partial charge in [-0.25, -0.2) is 0 Å². The number of nitrogens with two attached hydrogens (primary N) is 1. The summed E-state index contributed by atoms with van der Waals surface area (Å²) < 4.78 is 0. The van der Waals surface area contributed by atoms with Gasteiger partial charge < -0.3 is 5.73 Å². The van der Waals surface area contributed by atoms with Crippen LogP contribution < -0.4 is 5.73 Å². The van der Waals surface area contributed by atoms with Gasteiger partial charge in [0.15, 0.2) is 0 Å². The highest BCUT2D eigenvalue weighted by Crippen LogP contribution is 2.06. The fraction of sp³-hybridized carbons (Fsp3) is 0.727. The van der Waals surface area contributed by atoms with Gasteiger partial charge in [-0.2, -0.15) is 0 Å². The van der Waals surface area contributed by atoms with E-state index in [1.807, 2.05) is 6.08 Å². The van der Waals surface area contributed by atoms with Crippen LogP contribution in [0.4, 0.5) is 0 Å². The number of unbranched alkanes of at least 4 members (excludes halogenated alkanes) is 5. The molecule has 0 saturated carbocycles. The van der Waals surface area contributed by atoms with Gasteiger partial charge >= 0.3 is 0 Å². The Labute approximate surface area is 81.2 Å². The molecule has 0 saturated heterocycles. The quantitative estimate of drug-likeness (QED) is 0.478. The fourth-order valence-corrected chi connectivity index (χ4v) is 1.17. The number of rotatable bonds is 7. The maximum absolute atomic E-state index is 10.6. The number of carbonyl (C=O) groups is 1. The summed E-state index contributed by atoms with van der Waals surface area (Å²) in [6, 6.07) is 0.